The summed E-state index contributed by atoms with van der Waals surface area (Å²) in [5.74, 6) is 1.88. The molecule has 0 radical (unpaired) electrons. The number of hydrogen-bond donors (Lipinski definition) is 2. The van der Waals surface area contributed by atoms with Gasteiger partial charge in [-0.25, -0.2) is 4.79 Å². The molecule has 130 valence electrons. The minimum absolute atomic E-state index is 0.175. The van der Waals surface area contributed by atoms with Crippen LogP contribution in [0.5, 0.6) is 11.5 Å². The summed E-state index contributed by atoms with van der Waals surface area (Å²) in [6.07, 6.45) is 1.77. The Balaban J connectivity index is 1.42. The quantitative estimate of drug-likeness (QED) is 0.901. The zero-order valence-corrected chi connectivity index (χ0v) is 14.4. The topological polar surface area (TPSA) is 59.6 Å². The van der Waals surface area contributed by atoms with Gasteiger partial charge in [-0.05, 0) is 24.1 Å². The van der Waals surface area contributed by atoms with Gasteiger partial charge in [0, 0.05) is 42.6 Å². The minimum Gasteiger partial charge on any atom is -0.493 e. The Morgan fingerprint density at radius 2 is 1.88 bits per heavy atom. The van der Waals surface area contributed by atoms with E-state index < -0.39 is 0 Å². The van der Waals surface area contributed by atoms with E-state index in [9.17, 15) is 4.79 Å². The number of hydrogen-bond acceptors (Lipinski definition) is 3. The number of amides is 2. The lowest BCUT2D eigenvalue weighted by molar-refractivity contribution is 0.240. The van der Waals surface area contributed by atoms with E-state index in [0.717, 1.165) is 35.5 Å². The summed E-state index contributed by atoms with van der Waals surface area (Å²) in [5, 5.41) is 5.89. The summed E-state index contributed by atoms with van der Waals surface area (Å²) in [6.45, 7) is 4.41. The lowest BCUT2D eigenvalue weighted by atomic mass is 9.99. The van der Waals surface area contributed by atoms with Gasteiger partial charge in [-0.3, -0.25) is 0 Å². The fourth-order valence-electron chi connectivity index (χ4n) is 3.49. The molecule has 2 aliphatic rings. The van der Waals surface area contributed by atoms with Crippen LogP contribution in [-0.2, 0) is 25.9 Å². The lowest BCUT2D eigenvalue weighted by Gasteiger charge is -2.14. The van der Waals surface area contributed by atoms with Crippen molar-refractivity contribution < 1.29 is 14.3 Å². The molecule has 0 saturated heterocycles. The van der Waals surface area contributed by atoms with Crippen molar-refractivity contribution >= 4 is 6.03 Å². The first-order valence-corrected chi connectivity index (χ1v) is 8.72. The van der Waals surface area contributed by atoms with Crippen molar-refractivity contribution in [2.45, 2.75) is 32.9 Å². The number of carbonyl (C=O) groups is 1. The normalized spacial score (nSPS) is 14.3. The van der Waals surface area contributed by atoms with Crippen molar-refractivity contribution in [2.75, 3.05) is 13.2 Å². The van der Waals surface area contributed by atoms with Crippen molar-refractivity contribution in [3.8, 4) is 11.5 Å². The average Bonchev–Trinajstić information content (AvgIpc) is 3.26. The third-order valence-corrected chi connectivity index (χ3v) is 4.89. The number of aryl methyl sites for hydroxylation is 1. The molecule has 5 nitrogen and oxygen atoms in total. The largest absolute Gasteiger partial charge is 0.493 e. The monoisotopic (exact) mass is 338 g/mol. The Labute approximate surface area is 147 Å². The molecule has 0 aromatic heterocycles. The standard InChI is InChI=1S/C20H22N2O3/c1-13-4-2-3-5-15(13)11-21-20(23)22-12-17-16-7-9-24-18(16)10-14-6-8-25-19(14)17/h2-5,10H,6-9,11-12H2,1H3,(H2,21,22,23). The summed E-state index contributed by atoms with van der Waals surface area (Å²) < 4.78 is 11.5. The number of rotatable bonds is 4. The second-order valence-electron chi connectivity index (χ2n) is 6.48. The fourth-order valence-corrected chi connectivity index (χ4v) is 3.49. The Bertz CT molecular complexity index is 785. The molecular weight excluding hydrogens is 316 g/mol. The van der Waals surface area contributed by atoms with E-state index in [0.29, 0.717) is 26.3 Å². The van der Waals surface area contributed by atoms with Crippen LogP contribution in [0.4, 0.5) is 4.79 Å². The lowest BCUT2D eigenvalue weighted by Crippen LogP contribution is -2.35. The molecule has 0 aliphatic carbocycles. The molecule has 0 fully saturated rings. The van der Waals surface area contributed by atoms with E-state index in [4.69, 9.17) is 9.47 Å². The van der Waals surface area contributed by atoms with Gasteiger partial charge in [-0.2, -0.15) is 0 Å². The summed E-state index contributed by atoms with van der Waals surface area (Å²) in [4.78, 5) is 12.2. The van der Waals surface area contributed by atoms with E-state index in [1.807, 2.05) is 31.2 Å². The molecule has 0 atom stereocenters. The Hall–Kier alpha value is -2.69. The van der Waals surface area contributed by atoms with E-state index in [-0.39, 0.29) is 6.03 Å². The van der Waals surface area contributed by atoms with Gasteiger partial charge >= 0.3 is 6.03 Å². The number of nitrogens with one attached hydrogen (secondary N) is 2. The second kappa shape index (κ2) is 6.67. The first kappa shape index (κ1) is 15.8. The molecule has 2 amide bonds. The molecule has 0 bridgehead atoms. The van der Waals surface area contributed by atoms with Crippen LogP contribution in [0.15, 0.2) is 30.3 Å². The first-order chi connectivity index (χ1) is 12.2. The van der Waals surface area contributed by atoms with E-state index >= 15 is 0 Å². The number of carbonyl (C=O) groups excluding carboxylic acids is 1. The molecule has 2 N–H and O–H groups in total. The summed E-state index contributed by atoms with van der Waals surface area (Å²) in [6, 6.07) is 9.96. The zero-order valence-electron chi connectivity index (χ0n) is 14.4. The maximum atomic E-state index is 12.2. The van der Waals surface area contributed by atoms with Gasteiger partial charge in [-0.1, -0.05) is 24.3 Å². The fraction of sp³-hybridized carbons (Fsp3) is 0.350. The highest BCUT2D eigenvalue weighted by atomic mass is 16.5. The van der Waals surface area contributed by atoms with Gasteiger partial charge in [0.25, 0.3) is 0 Å². The van der Waals surface area contributed by atoms with Crippen LogP contribution in [0.1, 0.15) is 27.8 Å². The maximum absolute atomic E-state index is 12.2. The molecule has 2 heterocycles. The highest BCUT2D eigenvalue weighted by molar-refractivity contribution is 5.74. The average molecular weight is 338 g/mol. The predicted molar refractivity (Wildman–Crippen MR) is 95.1 cm³/mol. The smallest absolute Gasteiger partial charge is 0.315 e. The third kappa shape index (κ3) is 3.14. The molecule has 2 aromatic rings. The van der Waals surface area contributed by atoms with Gasteiger partial charge in [0.05, 0.1) is 13.2 Å². The van der Waals surface area contributed by atoms with Crippen molar-refractivity contribution in [3.63, 3.8) is 0 Å². The van der Waals surface area contributed by atoms with E-state index in [2.05, 4.69) is 16.7 Å². The van der Waals surface area contributed by atoms with Gasteiger partial charge < -0.3 is 20.1 Å². The van der Waals surface area contributed by atoms with Crippen LogP contribution in [0.2, 0.25) is 0 Å². The number of fused-ring (bicyclic) bond motifs is 2. The third-order valence-electron chi connectivity index (χ3n) is 4.89. The van der Waals surface area contributed by atoms with Crippen LogP contribution < -0.4 is 20.1 Å². The molecule has 0 unspecified atom stereocenters. The SMILES string of the molecule is Cc1ccccc1CNC(=O)NCc1c2c(cc3c1OCC3)OCC2. The highest BCUT2D eigenvalue weighted by Gasteiger charge is 2.26. The van der Waals surface area contributed by atoms with Crippen LogP contribution >= 0.6 is 0 Å². The number of ether oxygens (including phenoxy) is 2. The van der Waals surface area contributed by atoms with E-state index in [1.165, 1.54) is 16.7 Å². The summed E-state index contributed by atoms with van der Waals surface area (Å²) in [7, 11) is 0. The van der Waals surface area contributed by atoms with Gasteiger partial charge in [0.2, 0.25) is 0 Å². The second-order valence-corrected chi connectivity index (χ2v) is 6.48. The molecule has 5 heteroatoms. The summed E-state index contributed by atoms with van der Waals surface area (Å²) in [5.41, 5.74) is 5.70. The Morgan fingerprint density at radius 1 is 1.08 bits per heavy atom. The minimum atomic E-state index is -0.175. The molecule has 2 aliphatic heterocycles. The van der Waals surface area contributed by atoms with Crippen molar-refractivity contribution in [3.05, 3.63) is 58.1 Å². The zero-order chi connectivity index (χ0) is 17.2. The molecule has 2 aromatic carbocycles. The molecule has 0 saturated carbocycles. The van der Waals surface area contributed by atoms with Crippen LogP contribution in [0, 0.1) is 6.92 Å². The van der Waals surface area contributed by atoms with E-state index in [1.54, 1.807) is 0 Å². The van der Waals surface area contributed by atoms with Gasteiger partial charge in [0.15, 0.2) is 0 Å². The molecule has 0 spiro atoms. The Morgan fingerprint density at radius 3 is 2.76 bits per heavy atom. The van der Waals surface area contributed by atoms with Gasteiger partial charge in [-0.15, -0.1) is 0 Å². The predicted octanol–water partition coefficient (Wildman–Crippen LogP) is 2.86. The molecule has 25 heavy (non-hydrogen) atoms. The van der Waals surface area contributed by atoms with Crippen molar-refractivity contribution in [2.24, 2.45) is 0 Å². The van der Waals surface area contributed by atoms with Gasteiger partial charge in [0.1, 0.15) is 11.5 Å². The van der Waals surface area contributed by atoms with Crippen molar-refractivity contribution in [1.82, 2.24) is 10.6 Å². The number of urea groups is 1. The van der Waals surface area contributed by atoms with Crippen molar-refractivity contribution in [1.29, 1.82) is 0 Å². The van der Waals surface area contributed by atoms with Crippen LogP contribution in [0.25, 0.3) is 0 Å². The molecule has 4 rings (SSSR count). The summed E-state index contributed by atoms with van der Waals surface area (Å²) >= 11 is 0. The highest BCUT2D eigenvalue weighted by Crippen LogP contribution is 2.40. The first-order valence-electron chi connectivity index (χ1n) is 8.72. The van der Waals surface area contributed by atoms with Crippen LogP contribution in [0.3, 0.4) is 0 Å². The Kier molecular flexibility index (Phi) is 4.22. The number of benzene rings is 2. The van der Waals surface area contributed by atoms with Crippen LogP contribution in [-0.4, -0.2) is 19.2 Å². The molecular formula is C20H22N2O3. The maximum Gasteiger partial charge on any atom is 0.315 e.